The minimum Gasteiger partial charge on any atom is -0.382 e. The molecule has 1 atom stereocenters. The number of thiophene rings is 1. The summed E-state index contributed by atoms with van der Waals surface area (Å²) >= 11 is 1.51. The highest BCUT2D eigenvalue weighted by Crippen LogP contribution is 2.46. The molecule has 116 valence electrons. The molecular formula is C17H18FNO2S. The molecule has 1 aromatic heterocycles. The first-order valence-electron chi connectivity index (χ1n) is 7.35. The van der Waals surface area contributed by atoms with E-state index in [1.807, 2.05) is 17.5 Å². The summed E-state index contributed by atoms with van der Waals surface area (Å²) in [7, 11) is 0. The van der Waals surface area contributed by atoms with Crippen LogP contribution in [-0.4, -0.2) is 17.6 Å². The van der Waals surface area contributed by atoms with Gasteiger partial charge in [-0.3, -0.25) is 4.79 Å². The van der Waals surface area contributed by atoms with Crippen LogP contribution in [0.15, 0.2) is 41.8 Å². The van der Waals surface area contributed by atoms with Crippen molar-refractivity contribution < 1.29 is 14.3 Å². The lowest BCUT2D eigenvalue weighted by atomic mass is 9.95. The third-order valence-electron chi connectivity index (χ3n) is 4.03. The third-order valence-corrected chi connectivity index (χ3v) is 5.07. The Morgan fingerprint density at radius 3 is 2.64 bits per heavy atom. The van der Waals surface area contributed by atoms with Crippen LogP contribution in [0, 0.1) is 11.7 Å². The lowest BCUT2D eigenvalue weighted by Gasteiger charge is -2.27. The minimum atomic E-state index is -0.966. The fraction of sp³-hybridized carbons (Fsp3) is 0.353. The molecule has 2 N–H and O–H groups in total. The van der Waals surface area contributed by atoms with Crippen LogP contribution in [0.1, 0.15) is 23.3 Å². The zero-order valence-corrected chi connectivity index (χ0v) is 12.9. The van der Waals surface area contributed by atoms with Gasteiger partial charge in [-0.1, -0.05) is 18.2 Å². The van der Waals surface area contributed by atoms with Crippen molar-refractivity contribution in [3.05, 3.63) is 58.0 Å². The Bertz CT molecular complexity index is 637. The van der Waals surface area contributed by atoms with E-state index >= 15 is 0 Å². The zero-order valence-electron chi connectivity index (χ0n) is 12.1. The van der Waals surface area contributed by atoms with Crippen molar-refractivity contribution in [3.63, 3.8) is 0 Å². The van der Waals surface area contributed by atoms with Gasteiger partial charge in [-0.2, -0.15) is 0 Å². The smallest absolute Gasteiger partial charge is 0.224 e. The van der Waals surface area contributed by atoms with Crippen LogP contribution >= 0.6 is 11.3 Å². The number of halogens is 1. The Balaban J connectivity index is 1.60. The second-order valence-corrected chi connectivity index (χ2v) is 6.70. The Morgan fingerprint density at radius 1 is 1.32 bits per heavy atom. The Kier molecular flexibility index (Phi) is 4.27. The minimum absolute atomic E-state index is 0.165. The summed E-state index contributed by atoms with van der Waals surface area (Å²) in [6.45, 7) is 0.220. The summed E-state index contributed by atoms with van der Waals surface area (Å²) in [4.78, 5) is 12.9. The molecule has 22 heavy (non-hydrogen) atoms. The van der Waals surface area contributed by atoms with Crippen molar-refractivity contribution in [1.82, 2.24) is 5.32 Å². The fourth-order valence-corrected chi connectivity index (χ4v) is 3.51. The first-order valence-corrected chi connectivity index (χ1v) is 8.23. The maximum Gasteiger partial charge on any atom is 0.224 e. The highest BCUT2D eigenvalue weighted by Gasteiger charge is 2.45. The molecule has 1 aliphatic rings. The molecular weight excluding hydrogens is 301 g/mol. The van der Waals surface area contributed by atoms with Gasteiger partial charge in [-0.15, -0.1) is 11.3 Å². The van der Waals surface area contributed by atoms with Gasteiger partial charge >= 0.3 is 0 Å². The summed E-state index contributed by atoms with van der Waals surface area (Å²) < 4.78 is 12.8. The van der Waals surface area contributed by atoms with E-state index in [0.717, 1.165) is 23.3 Å². The highest BCUT2D eigenvalue weighted by molar-refractivity contribution is 7.10. The normalized spacial score (nSPS) is 17.0. The molecule has 1 aromatic carbocycles. The molecule has 5 heteroatoms. The van der Waals surface area contributed by atoms with Crippen LogP contribution in [0.3, 0.4) is 0 Å². The lowest BCUT2D eigenvalue weighted by Crippen LogP contribution is -2.42. The van der Waals surface area contributed by atoms with E-state index in [1.165, 1.54) is 23.5 Å². The molecule has 0 radical (unpaired) electrons. The van der Waals surface area contributed by atoms with Crippen LogP contribution in [0.5, 0.6) is 0 Å². The van der Waals surface area contributed by atoms with Crippen LogP contribution in [0.25, 0.3) is 0 Å². The number of amides is 1. The third kappa shape index (κ3) is 3.36. The number of carbonyl (C=O) groups excluding carboxylic acids is 1. The highest BCUT2D eigenvalue weighted by atomic mass is 32.1. The van der Waals surface area contributed by atoms with Crippen LogP contribution in [0.2, 0.25) is 0 Å². The van der Waals surface area contributed by atoms with E-state index in [-0.39, 0.29) is 30.6 Å². The lowest BCUT2D eigenvalue weighted by molar-refractivity contribution is -0.122. The van der Waals surface area contributed by atoms with Gasteiger partial charge in [0, 0.05) is 4.88 Å². The van der Waals surface area contributed by atoms with Gasteiger partial charge in [0.1, 0.15) is 11.4 Å². The fourth-order valence-electron chi connectivity index (χ4n) is 2.60. The van der Waals surface area contributed by atoms with E-state index in [9.17, 15) is 14.3 Å². The van der Waals surface area contributed by atoms with Gasteiger partial charge in [-0.05, 0) is 47.9 Å². The molecule has 1 aliphatic carbocycles. The van der Waals surface area contributed by atoms with Crippen molar-refractivity contribution >= 4 is 17.2 Å². The van der Waals surface area contributed by atoms with Gasteiger partial charge in [0.2, 0.25) is 5.91 Å². The van der Waals surface area contributed by atoms with Gasteiger partial charge in [0.25, 0.3) is 0 Å². The average molecular weight is 319 g/mol. The molecule has 2 aromatic rings. The largest absolute Gasteiger partial charge is 0.382 e. The molecule has 0 bridgehead atoms. The number of benzene rings is 1. The molecule has 1 unspecified atom stereocenters. The van der Waals surface area contributed by atoms with Gasteiger partial charge in [0.15, 0.2) is 0 Å². The predicted molar refractivity (Wildman–Crippen MR) is 84.1 cm³/mol. The molecule has 1 saturated carbocycles. The molecule has 3 nitrogen and oxygen atoms in total. The average Bonchev–Trinajstić information content (AvgIpc) is 3.22. The number of carbonyl (C=O) groups is 1. The molecule has 1 fully saturated rings. The number of aliphatic hydroxyl groups is 1. The number of rotatable bonds is 6. The molecule has 1 amide bonds. The van der Waals surface area contributed by atoms with Gasteiger partial charge in [0.05, 0.1) is 13.0 Å². The Hall–Kier alpha value is -1.72. The van der Waals surface area contributed by atoms with Crippen LogP contribution in [0.4, 0.5) is 4.39 Å². The molecule has 0 spiro atoms. The Labute approximate surface area is 132 Å². The standard InChI is InChI=1S/C17H18FNO2S/c18-14-7-3-12(4-8-14)10-16(20)19-11-17(21,13-5-6-13)15-2-1-9-22-15/h1-4,7-9,13,21H,5-6,10-11H2,(H,19,20). The van der Waals surface area contributed by atoms with E-state index in [1.54, 1.807) is 12.1 Å². The monoisotopic (exact) mass is 319 g/mol. The summed E-state index contributed by atoms with van der Waals surface area (Å²) in [6, 6.07) is 9.70. The van der Waals surface area contributed by atoms with Crippen LogP contribution in [-0.2, 0) is 16.8 Å². The summed E-state index contributed by atoms with van der Waals surface area (Å²) in [5.74, 6) is -0.260. The van der Waals surface area contributed by atoms with E-state index in [4.69, 9.17) is 0 Å². The maximum absolute atomic E-state index is 12.8. The van der Waals surface area contributed by atoms with Gasteiger partial charge < -0.3 is 10.4 Å². The van der Waals surface area contributed by atoms with Crippen LogP contribution < -0.4 is 5.32 Å². The topological polar surface area (TPSA) is 49.3 Å². The van der Waals surface area contributed by atoms with Crippen molar-refractivity contribution in [2.75, 3.05) is 6.54 Å². The number of hydrogen-bond acceptors (Lipinski definition) is 3. The Morgan fingerprint density at radius 2 is 2.05 bits per heavy atom. The molecule has 1 heterocycles. The van der Waals surface area contributed by atoms with Crippen molar-refractivity contribution in [2.45, 2.75) is 24.9 Å². The van der Waals surface area contributed by atoms with Crippen molar-refractivity contribution in [1.29, 1.82) is 0 Å². The first kappa shape index (κ1) is 15.2. The SMILES string of the molecule is O=C(Cc1ccc(F)cc1)NCC(O)(c1cccs1)C1CC1. The van der Waals surface area contributed by atoms with Crippen molar-refractivity contribution in [2.24, 2.45) is 5.92 Å². The van der Waals surface area contributed by atoms with E-state index < -0.39 is 5.60 Å². The summed E-state index contributed by atoms with van der Waals surface area (Å²) in [6.07, 6.45) is 2.16. The second kappa shape index (κ2) is 6.18. The van der Waals surface area contributed by atoms with Gasteiger partial charge in [-0.25, -0.2) is 4.39 Å². The van der Waals surface area contributed by atoms with E-state index in [0.29, 0.717) is 0 Å². The molecule has 3 rings (SSSR count). The maximum atomic E-state index is 12.8. The van der Waals surface area contributed by atoms with E-state index in [2.05, 4.69) is 5.32 Å². The predicted octanol–water partition coefficient (Wildman–Crippen LogP) is 2.84. The zero-order chi connectivity index (χ0) is 15.6. The summed E-state index contributed by atoms with van der Waals surface area (Å²) in [5.41, 5.74) is -0.211. The number of nitrogens with one attached hydrogen (secondary N) is 1. The summed E-state index contributed by atoms with van der Waals surface area (Å²) in [5, 5.41) is 15.7. The molecule has 0 aliphatic heterocycles. The first-order chi connectivity index (χ1) is 10.6. The second-order valence-electron chi connectivity index (χ2n) is 5.76. The molecule has 0 saturated heterocycles. The number of hydrogen-bond donors (Lipinski definition) is 2. The van der Waals surface area contributed by atoms with Crippen molar-refractivity contribution in [3.8, 4) is 0 Å². The quantitative estimate of drug-likeness (QED) is 0.860.